The lowest BCUT2D eigenvalue weighted by atomic mass is 9.92. The summed E-state index contributed by atoms with van der Waals surface area (Å²) in [4.78, 5) is 6.55. The molecule has 0 amide bonds. The molecule has 1 aliphatic rings. The standard InChI is InChI=1S/C15H18N2O/c1-17-9-7-15(18,11-17)10-12-6-8-16-14-5-3-2-4-13(12)14/h2-6,8,18H,7,9-11H2,1H3. The van der Waals surface area contributed by atoms with Gasteiger partial charge in [0.2, 0.25) is 0 Å². The summed E-state index contributed by atoms with van der Waals surface area (Å²) in [6.45, 7) is 1.73. The van der Waals surface area contributed by atoms with Crippen molar-refractivity contribution in [3.05, 3.63) is 42.1 Å². The van der Waals surface area contributed by atoms with Crippen molar-refractivity contribution < 1.29 is 5.11 Å². The smallest absolute Gasteiger partial charge is 0.0826 e. The lowest BCUT2D eigenvalue weighted by Gasteiger charge is -2.23. The van der Waals surface area contributed by atoms with E-state index < -0.39 is 5.60 Å². The van der Waals surface area contributed by atoms with Crippen molar-refractivity contribution in [2.45, 2.75) is 18.4 Å². The van der Waals surface area contributed by atoms with Gasteiger partial charge in [0.1, 0.15) is 0 Å². The van der Waals surface area contributed by atoms with E-state index >= 15 is 0 Å². The van der Waals surface area contributed by atoms with Crippen LogP contribution in [0.25, 0.3) is 10.9 Å². The number of nitrogens with zero attached hydrogens (tertiary/aromatic N) is 2. The first-order valence-electron chi connectivity index (χ1n) is 6.40. The summed E-state index contributed by atoms with van der Waals surface area (Å²) in [5, 5.41) is 11.8. The monoisotopic (exact) mass is 242 g/mol. The van der Waals surface area contributed by atoms with Crippen molar-refractivity contribution in [1.29, 1.82) is 0 Å². The Kier molecular flexibility index (Phi) is 2.80. The lowest BCUT2D eigenvalue weighted by molar-refractivity contribution is 0.0526. The molecule has 1 atom stereocenters. The first-order chi connectivity index (χ1) is 8.66. The highest BCUT2D eigenvalue weighted by Gasteiger charge is 2.34. The number of hydrogen-bond acceptors (Lipinski definition) is 3. The number of benzene rings is 1. The molecule has 1 saturated heterocycles. The molecule has 0 spiro atoms. The Morgan fingerprint density at radius 1 is 1.33 bits per heavy atom. The minimum atomic E-state index is -0.584. The van der Waals surface area contributed by atoms with Gasteiger partial charge >= 0.3 is 0 Å². The maximum Gasteiger partial charge on any atom is 0.0826 e. The molecule has 1 aromatic carbocycles. The zero-order valence-electron chi connectivity index (χ0n) is 10.6. The van der Waals surface area contributed by atoms with Crippen molar-refractivity contribution >= 4 is 10.9 Å². The summed E-state index contributed by atoms with van der Waals surface area (Å²) in [6, 6.07) is 10.2. The largest absolute Gasteiger partial charge is 0.388 e. The topological polar surface area (TPSA) is 36.4 Å². The average Bonchev–Trinajstić information content (AvgIpc) is 2.70. The normalized spacial score (nSPS) is 24.8. The van der Waals surface area contributed by atoms with Crippen LogP contribution in [0.2, 0.25) is 0 Å². The SMILES string of the molecule is CN1CCC(O)(Cc2ccnc3ccccc23)C1. The molecule has 0 aliphatic carbocycles. The molecule has 0 saturated carbocycles. The minimum Gasteiger partial charge on any atom is -0.388 e. The van der Waals surface area contributed by atoms with Crippen LogP contribution < -0.4 is 0 Å². The van der Waals surface area contributed by atoms with Crippen LogP contribution in [0.3, 0.4) is 0 Å². The molecular formula is C15H18N2O. The summed E-state index contributed by atoms with van der Waals surface area (Å²) in [5.41, 5.74) is 1.61. The molecule has 1 N–H and O–H groups in total. The maximum absolute atomic E-state index is 10.6. The summed E-state index contributed by atoms with van der Waals surface area (Å²) in [6.07, 6.45) is 3.39. The molecule has 18 heavy (non-hydrogen) atoms. The van der Waals surface area contributed by atoms with Gasteiger partial charge in [-0.05, 0) is 31.2 Å². The number of rotatable bonds is 2. The van der Waals surface area contributed by atoms with Gasteiger partial charge in [-0.2, -0.15) is 0 Å². The molecule has 0 bridgehead atoms. The molecule has 3 rings (SSSR count). The van der Waals surface area contributed by atoms with Crippen molar-refractivity contribution in [3.8, 4) is 0 Å². The van der Waals surface area contributed by atoms with Gasteiger partial charge < -0.3 is 10.0 Å². The van der Waals surface area contributed by atoms with E-state index in [1.54, 1.807) is 0 Å². The Labute approximate surface area is 107 Å². The van der Waals surface area contributed by atoms with Crippen LogP contribution in [-0.2, 0) is 6.42 Å². The molecule has 3 nitrogen and oxygen atoms in total. The molecule has 3 heteroatoms. The van der Waals surface area contributed by atoms with E-state index in [2.05, 4.69) is 23.0 Å². The zero-order chi connectivity index (χ0) is 12.6. The molecule has 2 heterocycles. The third kappa shape index (κ3) is 2.11. The number of aromatic nitrogens is 1. The third-order valence-corrected chi connectivity index (χ3v) is 3.78. The van der Waals surface area contributed by atoms with Crippen LogP contribution in [0.1, 0.15) is 12.0 Å². The fraction of sp³-hybridized carbons (Fsp3) is 0.400. The fourth-order valence-corrected chi connectivity index (χ4v) is 2.87. The van der Waals surface area contributed by atoms with Crippen molar-refractivity contribution in [3.63, 3.8) is 0 Å². The van der Waals surface area contributed by atoms with Crippen LogP contribution in [0.4, 0.5) is 0 Å². The number of β-amino-alcohol motifs (C(OH)–C–C–N with tert-alkyl or cyclic N) is 1. The summed E-state index contributed by atoms with van der Waals surface area (Å²) in [5.74, 6) is 0. The van der Waals surface area contributed by atoms with E-state index in [4.69, 9.17) is 0 Å². The molecule has 1 unspecified atom stereocenters. The highest BCUT2D eigenvalue weighted by atomic mass is 16.3. The van der Waals surface area contributed by atoms with E-state index in [9.17, 15) is 5.11 Å². The van der Waals surface area contributed by atoms with Crippen LogP contribution in [-0.4, -0.2) is 40.7 Å². The van der Waals surface area contributed by atoms with Crippen LogP contribution in [0, 0.1) is 0 Å². The van der Waals surface area contributed by atoms with Crippen LogP contribution in [0.5, 0.6) is 0 Å². The summed E-state index contributed by atoms with van der Waals surface area (Å²) in [7, 11) is 2.06. The summed E-state index contributed by atoms with van der Waals surface area (Å²) >= 11 is 0. The van der Waals surface area contributed by atoms with E-state index in [0.29, 0.717) is 6.42 Å². The Morgan fingerprint density at radius 2 is 2.17 bits per heavy atom. The quantitative estimate of drug-likeness (QED) is 0.873. The van der Waals surface area contributed by atoms with E-state index in [-0.39, 0.29) is 0 Å². The molecule has 2 aromatic rings. The molecular weight excluding hydrogens is 224 g/mol. The highest BCUT2D eigenvalue weighted by Crippen LogP contribution is 2.27. The minimum absolute atomic E-state index is 0.584. The number of likely N-dealkylation sites (tertiary alicyclic amines) is 1. The van der Waals surface area contributed by atoms with Crippen LogP contribution in [0.15, 0.2) is 36.5 Å². The van der Waals surface area contributed by atoms with E-state index in [1.165, 1.54) is 5.56 Å². The highest BCUT2D eigenvalue weighted by molar-refractivity contribution is 5.81. The van der Waals surface area contributed by atoms with Crippen molar-refractivity contribution in [2.75, 3.05) is 20.1 Å². The number of fused-ring (bicyclic) bond motifs is 1. The van der Waals surface area contributed by atoms with Crippen molar-refractivity contribution in [1.82, 2.24) is 9.88 Å². The molecule has 1 aliphatic heterocycles. The fourth-order valence-electron chi connectivity index (χ4n) is 2.87. The second-order valence-electron chi connectivity index (χ2n) is 5.38. The van der Waals surface area contributed by atoms with Crippen molar-refractivity contribution in [2.24, 2.45) is 0 Å². The molecule has 1 fully saturated rings. The van der Waals surface area contributed by atoms with Gasteiger partial charge in [0, 0.05) is 31.1 Å². The second kappa shape index (κ2) is 4.34. The zero-order valence-corrected chi connectivity index (χ0v) is 10.6. The van der Waals surface area contributed by atoms with Gasteiger partial charge in [0.15, 0.2) is 0 Å². The third-order valence-electron chi connectivity index (χ3n) is 3.78. The number of para-hydroxylation sites is 1. The molecule has 94 valence electrons. The Bertz CT molecular complexity index is 564. The predicted molar refractivity (Wildman–Crippen MR) is 72.5 cm³/mol. The van der Waals surface area contributed by atoms with Gasteiger partial charge in [-0.25, -0.2) is 0 Å². The molecule has 1 aromatic heterocycles. The second-order valence-corrected chi connectivity index (χ2v) is 5.38. The first-order valence-corrected chi connectivity index (χ1v) is 6.40. The Balaban J connectivity index is 1.95. The van der Waals surface area contributed by atoms with E-state index in [1.807, 2.05) is 30.5 Å². The maximum atomic E-state index is 10.6. The lowest BCUT2D eigenvalue weighted by Crippen LogP contribution is -2.34. The Morgan fingerprint density at radius 3 is 2.94 bits per heavy atom. The number of hydrogen-bond donors (Lipinski definition) is 1. The summed E-state index contributed by atoms with van der Waals surface area (Å²) < 4.78 is 0. The number of likely N-dealkylation sites (N-methyl/N-ethyl adjacent to an activating group) is 1. The van der Waals surface area contributed by atoms with Gasteiger partial charge in [0.25, 0.3) is 0 Å². The first kappa shape index (κ1) is 11.6. The van der Waals surface area contributed by atoms with E-state index in [0.717, 1.165) is 30.4 Å². The van der Waals surface area contributed by atoms with Gasteiger partial charge in [-0.15, -0.1) is 0 Å². The number of aliphatic hydroxyl groups is 1. The predicted octanol–water partition coefficient (Wildman–Crippen LogP) is 1.84. The van der Waals surface area contributed by atoms with Gasteiger partial charge in [0.05, 0.1) is 11.1 Å². The number of pyridine rings is 1. The van der Waals surface area contributed by atoms with Gasteiger partial charge in [-0.3, -0.25) is 4.98 Å². The van der Waals surface area contributed by atoms with Gasteiger partial charge in [-0.1, -0.05) is 18.2 Å². The van der Waals surface area contributed by atoms with Crippen LogP contribution >= 0.6 is 0 Å². The Hall–Kier alpha value is -1.45. The molecule has 0 radical (unpaired) electrons. The average molecular weight is 242 g/mol.